The predicted molar refractivity (Wildman–Crippen MR) is 109 cm³/mol. The van der Waals surface area contributed by atoms with Crippen molar-refractivity contribution >= 4 is 16.9 Å². The van der Waals surface area contributed by atoms with Crippen LogP contribution in [-0.4, -0.2) is 46.9 Å². The average molecular weight is 460 g/mol. The molecular formula is C21H28F3N3O3S. The number of rotatable bonds is 4. The molecule has 1 aliphatic carbocycles. The lowest BCUT2D eigenvalue weighted by Crippen LogP contribution is -2.42. The SMILES string of the molecule is NS(=O)c1cc(C(F)(F)F)cc2c1CCN(C(=O)C1CCC(NC3CCOCC3)C1)C2. The van der Waals surface area contributed by atoms with Crippen LogP contribution < -0.4 is 10.5 Å². The van der Waals surface area contributed by atoms with E-state index in [1.807, 2.05) is 0 Å². The van der Waals surface area contributed by atoms with E-state index in [-0.39, 0.29) is 29.3 Å². The molecule has 2 fully saturated rings. The second-order valence-electron chi connectivity index (χ2n) is 8.68. The molecule has 172 valence electrons. The lowest BCUT2D eigenvalue weighted by molar-refractivity contribution is -0.137. The third-order valence-corrected chi connectivity index (χ3v) is 7.42. The molecule has 0 radical (unpaired) electrons. The van der Waals surface area contributed by atoms with Gasteiger partial charge in [-0.05, 0) is 61.8 Å². The summed E-state index contributed by atoms with van der Waals surface area (Å²) in [7, 11) is -2.02. The Balaban J connectivity index is 1.44. The van der Waals surface area contributed by atoms with Gasteiger partial charge in [0.15, 0.2) is 0 Å². The van der Waals surface area contributed by atoms with Crippen LogP contribution in [0.4, 0.5) is 13.2 Å². The van der Waals surface area contributed by atoms with Crippen molar-refractivity contribution in [3.05, 3.63) is 28.8 Å². The van der Waals surface area contributed by atoms with Gasteiger partial charge in [-0.25, -0.2) is 9.35 Å². The number of nitrogens with zero attached hydrogens (tertiary/aromatic N) is 1. The molecule has 0 spiro atoms. The Bertz CT molecular complexity index is 858. The number of amides is 1. The largest absolute Gasteiger partial charge is 0.416 e. The maximum absolute atomic E-state index is 13.3. The molecular weight excluding hydrogens is 431 g/mol. The van der Waals surface area contributed by atoms with E-state index in [2.05, 4.69) is 5.32 Å². The lowest BCUT2D eigenvalue weighted by atomic mass is 9.95. The van der Waals surface area contributed by atoms with Gasteiger partial charge in [0.1, 0.15) is 11.0 Å². The minimum Gasteiger partial charge on any atom is -0.381 e. The monoisotopic (exact) mass is 459 g/mol. The van der Waals surface area contributed by atoms with E-state index in [4.69, 9.17) is 9.88 Å². The van der Waals surface area contributed by atoms with Gasteiger partial charge in [-0.15, -0.1) is 0 Å². The first-order chi connectivity index (χ1) is 14.7. The molecule has 0 bridgehead atoms. The number of nitrogens with one attached hydrogen (secondary N) is 1. The molecule has 3 aliphatic rings. The van der Waals surface area contributed by atoms with Crippen LogP contribution >= 0.6 is 0 Å². The van der Waals surface area contributed by atoms with E-state index in [0.29, 0.717) is 30.1 Å². The Labute approximate surface area is 182 Å². The molecule has 1 aromatic rings. The number of hydrogen-bond donors (Lipinski definition) is 2. The molecule has 1 aromatic carbocycles. The molecule has 31 heavy (non-hydrogen) atoms. The fraction of sp³-hybridized carbons (Fsp3) is 0.667. The summed E-state index contributed by atoms with van der Waals surface area (Å²) in [6, 6.07) is 2.65. The molecule has 10 heteroatoms. The number of hydrogen-bond acceptors (Lipinski definition) is 4. The van der Waals surface area contributed by atoms with E-state index in [1.54, 1.807) is 4.90 Å². The smallest absolute Gasteiger partial charge is 0.381 e. The van der Waals surface area contributed by atoms with Gasteiger partial charge >= 0.3 is 6.18 Å². The molecule has 6 nitrogen and oxygen atoms in total. The fourth-order valence-corrected chi connectivity index (χ4v) is 5.72. The number of benzene rings is 1. The van der Waals surface area contributed by atoms with Crippen molar-refractivity contribution in [1.82, 2.24) is 10.2 Å². The Morgan fingerprint density at radius 1 is 1.16 bits per heavy atom. The number of fused-ring (bicyclic) bond motifs is 1. The Morgan fingerprint density at radius 2 is 1.90 bits per heavy atom. The first-order valence-electron chi connectivity index (χ1n) is 10.7. The van der Waals surface area contributed by atoms with Crippen LogP contribution in [0, 0.1) is 5.92 Å². The molecule has 3 unspecified atom stereocenters. The number of alkyl halides is 3. The number of carbonyl (C=O) groups excluding carboxylic acids is 1. The number of nitrogens with two attached hydrogens (primary N) is 1. The van der Waals surface area contributed by atoms with Crippen molar-refractivity contribution < 1.29 is 26.9 Å². The first kappa shape index (κ1) is 22.7. The standard InChI is InChI=1S/C21H28F3N3O3S/c22-21(23,24)15-9-14-12-27(6-3-18(14)19(11-15)31(25)29)20(28)13-1-2-17(10-13)26-16-4-7-30-8-5-16/h9,11,13,16-17,26H,1-8,10,12,25H2. The van der Waals surface area contributed by atoms with Gasteiger partial charge in [-0.2, -0.15) is 13.2 Å². The minimum atomic E-state index is -4.57. The normalized spacial score (nSPS) is 26.0. The summed E-state index contributed by atoms with van der Waals surface area (Å²) in [6.07, 6.45) is 0.198. The summed E-state index contributed by atoms with van der Waals surface area (Å²) in [5.74, 6) is -0.123. The van der Waals surface area contributed by atoms with Crippen LogP contribution in [0.2, 0.25) is 0 Å². The van der Waals surface area contributed by atoms with Crippen molar-refractivity contribution in [3.8, 4) is 0 Å². The molecule has 0 aromatic heterocycles. The van der Waals surface area contributed by atoms with Crippen molar-refractivity contribution in [3.63, 3.8) is 0 Å². The highest BCUT2D eigenvalue weighted by Crippen LogP contribution is 2.36. The van der Waals surface area contributed by atoms with E-state index >= 15 is 0 Å². The molecule has 1 amide bonds. The van der Waals surface area contributed by atoms with Crippen molar-refractivity contribution in [2.45, 2.75) is 68.2 Å². The van der Waals surface area contributed by atoms with Crippen LogP contribution in [0.15, 0.2) is 17.0 Å². The van der Waals surface area contributed by atoms with E-state index in [1.165, 1.54) is 0 Å². The van der Waals surface area contributed by atoms with E-state index in [9.17, 15) is 22.2 Å². The third kappa shape index (κ3) is 5.13. The summed E-state index contributed by atoms with van der Waals surface area (Å²) >= 11 is 0. The van der Waals surface area contributed by atoms with Crippen LogP contribution in [0.1, 0.15) is 48.8 Å². The van der Waals surface area contributed by atoms with Gasteiger partial charge in [-0.3, -0.25) is 4.79 Å². The topological polar surface area (TPSA) is 84.7 Å². The summed E-state index contributed by atoms with van der Waals surface area (Å²) in [4.78, 5) is 14.8. The predicted octanol–water partition coefficient (Wildman–Crippen LogP) is 2.51. The molecule has 3 atom stereocenters. The molecule has 2 heterocycles. The quantitative estimate of drug-likeness (QED) is 0.725. The Morgan fingerprint density at radius 3 is 2.58 bits per heavy atom. The van der Waals surface area contributed by atoms with Crippen LogP contribution in [0.25, 0.3) is 0 Å². The van der Waals surface area contributed by atoms with Gasteiger partial charge in [0.25, 0.3) is 0 Å². The van der Waals surface area contributed by atoms with E-state index < -0.39 is 22.7 Å². The minimum absolute atomic E-state index is 0.00485. The summed E-state index contributed by atoms with van der Waals surface area (Å²) in [5.41, 5.74) is 0.0809. The molecule has 1 saturated carbocycles. The zero-order chi connectivity index (χ0) is 22.2. The number of carbonyl (C=O) groups is 1. The molecule has 4 rings (SSSR count). The van der Waals surface area contributed by atoms with Crippen LogP contribution in [0.3, 0.4) is 0 Å². The van der Waals surface area contributed by atoms with Gasteiger partial charge in [0, 0.05) is 44.3 Å². The highest BCUT2D eigenvalue weighted by Gasteiger charge is 2.37. The lowest BCUT2D eigenvalue weighted by Gasteiger charge is -2.32. The zero-order valence-corrected chi connectivity index (χ0v) is 18.1. The summed E-state index contributed by atoms with van der Waals surface area (Å²) < 4.78 is 57.1. The maximum atomic E-state index is 13.3. The van der Waals surface area contributed by atoms with Crippen molar-refractivity contribution in [2.75, 3.05) is 19.8 Å². The van der Waals surface area contributed by atoms with E-state index in [0.717, 1.165) is 57.5 Å². The summed E-state index contributed by atoms with van der Waals surface area (Å²) in [5, 5.41) is 9.09. The molecule has 3 N–H and O–H groups in total. The Kier molecular flexibility index (Phi) is 6.71. The zero-order valence-electron chi connectivity index (χ0n) is 17.2. The highest BCUT2D eigenvalue weighted by molar-refractivity contribution is 7.82. The van der Waals surface area contributed by atoms with Crippen molar-refractivity contribution in [1.29, 1.82) is 0 Å². The van der Waals surface area contributed by atoms with Gasteiger partial charge in [0.2, 0.25) is 5.91 Å². The maximum Gasteiger partial charge on any atom is 0.416 e. The first-order valence-corrected chi connectivity index (χ1v) is 12.0. The molecule has 2 aliphatic heterocycles. The van der Waals surface area contributed by atoms with Crippen LogP contribution in [-0.2, 0) is 39.7 Å². The summed E-state index contributed by atoms with van der Waals surface area (Å²) in [6.45, 7) is 2.01. The average Bonchev–Trinajstić information content (AvgIpc) is 3.20. The second kappa shape index (κ2) is 9.17. The van der Waals surface area contributed by atoms with Crippen molar-refractivity contribution in [2.24, 2.45) is 11.1 Å². The van der Waals surface area contributed by atoms with Crippen LogP contribution in [0.5, 0.6) is 0 Å². The number of halogens is 3. The van der Waals surface area contributed by atoms with Gasteiger partial charge < -0.3 is 15.0 Å². The third-order valence-electron chi connectivity index (χ3n) is 6.62. The number of ether oxygens (including phenoxy) is 1. The molecule has 1 saturated heterocycles. The van der Waals surface area contributed by atoms with Gasteiger partial charge in [-0.1, -0.05) is 0 Å². The van der Waals surface area contributed by atoms with Gasteiger partial charge in [0.05, 0.1) is 10.5 Å². The highest BCUT2D eigenvalue weighted by atomic mass is 32.2. The Hall–Kier alpha value is -1.49. The fourth-order valence-electron chi connectivity index (χ4n) is 5.00. The second-order valence-corrected chi connectivity index (χ2v) is 9.71.